The maximum absolute atomic E-state index is 13.3. The molecule has 0 bridgehead atoms. The van der Waals surface area contributed by atoms with Gasteiger partial charge in [-0.05, 0) is 68.3 Å². The summed E-state index contributed by atoms with van der Waals surface area (Å²) in [5, 5.41) is 13.3. The first-order chi connectivity index (χ1) is 19.3. The Hall–Kier alpha value is -4.21. The third-order valence-electron chi connectivity index (χ3n) is 7.69. The molecule has 1 aliphatic rings. The molecular weight excluding hydrogens is 506 g/mol. The number of amides is 2. The van der Waals surface area contributed by atoms with E-state index >= 15 is 0 Å². The average molecular weight is 542 g/mol. The second-order valence-electron chi connectivity index (χ2n) is 10.6. The SMILES string of the molecule is Cc1cc(COc2ccc(C(=O)NC3(CC(=O)NO)CCN(Cc4cccn4C)CC3)cc2)c2ccccc2n1. The number of carbonyl (C=O) groups excluding carboxylic acids is 2. The predicted molar refractivity (Wildman–Crippen MR) is 152 cm³/mol. The number of hydroxylamine groups is 1. The van der Waals surface area contributed by atoms with Crippen molar-refractivity contribution >= 4 is 22.7 Å². The van der Waals surface area contributed by atoms with Crippen LogP contribution in [0.2, 0.25) is 0 Å². The smallest absolute Gasteiger partial charge is 0.251 e. The summed E-state index contributed by atoms with van der Waals surface area (Å²) < 4.78 is 8.14. The van der Waals surface area contributed by atoms with E-state index in [1.807, 2.05) is 56.6 Å². The highest BCUT2D eigenvalue weighted by Crippen LogP contribution is 2.28. The number of nitrogens with one attached hydrogen (secondary N) is 2. The van der Waals surface area contributed by atoms with Gasteiger partial charge in [-0.2, -0.15) is 0 Å². The molecule has 0 saturated carbocycles. The van der Waals surface area contributed by atoms with Crippen molar-refractivity contribution in [3.63, 3.8) is 0 Å². The third-order valence-corrected chi connectivity index (χ3v) is 7.69. The Kier molecular flexibility index (Phi) is 8.14. The van der Waals surface area contributed by atoms with E-state index in [1.165, 1.54) is 5.69 Å². The number of piperidine rings is 1. The van der Waals surface area contributed by atoms with Crippen LogP contribution in [0.4, 0.5) is 0 Å². The van der Waals surface area contributed by atoms with Crippen molar-refractivity contribution in [3.8, 4) is 5.75 Å². The minimum Gasteiger partial charge on any atom is -0.489 e. The monoisotopic (exact) mass is 541 g/mol. The van der Waals surface area contributed by atoms with E-state index in [0.29, 0.717) is 30.8 Å². The Labute approximate surface area is 233 Å². The number of fused-ring (bicyclic) bond motifs is 1. The summed E-state index contributed by atoms with van der Waals surface area (Å²) in [7, 11) is 2.02. The molecule has 3 heterocycles. The van der Waals surface area contributed by atoms with Crippen molar-refractivity contribution in [1.82, 2.24) is 25.2 Å². The summed E-state index contributed by atoms with van der Waals surface area (Å²) >= 11 is 0. The molecule has 1 saturated heterocycles. The van der Waals surface area contributed by atoms with Crippen LogP contribution in [-0.4, -0.2) is 50.1 Å². The Balaban J connectivity index is 1.22. The zero-order valence-corrected chi connectivity index (χ0v) is 22.9. The minimum atomic E-state index is -0.746. The number of likely N-dealkylation sites (tertiary alicyclic amines) is 1. The molecule has 9 nitrogen and oxygen atoms in total. The van der Waals surface area contributed by atoms with Gasteiger partial charge in [-0.25, -0.2) is 5.48 Å². The molecule has 2 aromatic heterocycles. The number of carbonyl (C=O) groups is 2. The molecule has 5 rings (SSSR count). The fourth-order valence-electron chi connectivity index (χ4n) is 5.41. The number of hydrogen-bond acceptors (Lipinski definition) is 6. The Bertz CT molecular complexity index is 1490. The Morgan fingerprint density at radius 3 is 2.50 bits per heavy atom. The first-order valence-electron chi connectivity index (χ1n) is 13.5. The van der Waals surface area contributed by atoms with Gasteiger partial charge in [0.1, 0.15) is 12.4 Å². The molecule has 40 heavy (non-hydrogen) atoms. The fraction of sp³-hybridized carbons (Fsp3) is 0.323. The molecule has 0 aliphatic carbocycles. The van der Waals surface area contributed by atoms with E-state index < -0.39 is 11.4 Å². The van der Waals surface area contributed by atoms with E-state index in [0.717, 1.165) is 41.8 Å². The molecule has 9 heteroatoms. The molecule has 0 atom stereocenters. The number of ether oxygens (including phenoxy) is 1. The molecule has 0 unspecified atom stereocenters. The lowest BCUT2D eigenvalue weighted by Crippen LogP contribution is -2.57. The molecule has 0 radical (unpaired) electrons. The highest BCUT2D eigenvalue weighted by molar-refractivity contribution is 5.95. The van der Waals surface area contributed by atoms with Crippen LogP contribution in [0.25, 0.3) is 10.9 Å². The second-order valence-corrected chi connectivity index (χ2v) is 10.6. The first kappa shape index (κ1) is 27.4. The summed E-state index contributed by atoms with van der Waals surface area (Å²) in [6.07, 6.45) is 3.22. The van der Waals surface area contributed by atoms with Gasteiger partial charge < -0.3 is 14.6 Å². The van der Waals surface area contributed by atoms with E-state index in [4.69, 9.17) is 4.74 Å². The van der Waals surface area contributed by atoms with E-state index in [2.05, 4.69) is 25.8 Å². The third kappa shape index (κ3) is 6.32. The lowest BCUT2D eigenvalue weighted by Gasteiger charge is -2.42. The van der Waals surface area contributed by atoms with Crippen LogP contribution in [0.15, 0.2) is 72.9 Å². The number of rotatable bonds is 9. The van der Waals surface area contributed by atoms with Gasteiger partial charge in [0.25, 0.3) is 5.91 Å². The molecule has 3 N–H and O–H groups in total. The largest absolute Gasteiger partial charge is 0.489 e. The van der Waals surface area contributed by atoms with E-state index in [-0.39, 0.29) is 12.3 Å². The van der Waals surface area contributed by atoms with Crippen LogP contribution in [-0.2, 0) is 25.0 Å². The van der Waals surface area contributed by atoms with Crippen molar-refractivity contribution in [2.75, 3.05) is 13.1 Å². The molecule has 1 aliphatic heterocycles. The first-order valence-corrected chi connectivity index (χ1v) is 13.5. The molecule has 0 spiro atoms. The van der Waals surface area contributed by atoms with Crippen LogP contribution in [0.5, 0.6) is 5.75 Å². The number of benzene rings is 2. The summed E-state index contributed by atoms with van der Waals surface area (Å²) in [6.45, 7) is 4.59. The van der Waals surface area contributed by atoms with Gasteiger partial charge in [0, 0.05) is 60.8 Å². The summed E-state index contributed by atoms with van der Waals surface area (Å²) in [5.74, 6) is -0.124. The molecule has 1 fully saturated rings. The maximum Gasteiger partial charge on any atom is 0.251 e. The fourth-order valence-corrected chi connectivity index (χ4v) is 5.41. The lowest BCUT2D eigenvalue weighted by atomic mass is 9.83. The van der Waals surface area contributed by atoms with Gasteiger partial charge in [-0.1, -0.05) is 18.2 Å². The van der Waals surface area contributed by atoms with Gasteiger partial charge in [-0.15, -0.1) is 0 Å². The van der Waals surface area contributed by atoms with Crippen molar-refractivity contribution in [1.29, 1.82) is 0 Å². The van der Waals surface area contributed by atoms with Gasteiger partial charge in [0.2, 0.25) is 5.91 Å². The second kappa shape index (κ2) is 11.9. The summed E-state index contributed by atoms with van der Waals surface area (Å²) in [5.41, 5.74) is 5.58. The van der Waals surface area contributed by atoms with Crippen LogP contribution >= 0.6 is 0 Å². The van der Waals surface area contributed by atoms with Gasteiger partial charge in [-0.3, -0.25) is 24.7 Å². The minimum absolute atomic E-state index is 0.00767. The normalized spacial score (nSPS) is 15.1. The van der Waals surface area contributed by atoms with Crippen molar-refractivity contribution in [3.05, 3.63) is 95.4 Å². The standard InChI is InChI=1S/C31H35N5O4/c1-22-18-24(27-7-3-4-8-28(27)32-22)21-40-26-11-9-23(10-12-26)30(38)33-31(19-29(37)34-39)13-16-36(17-14-31)20-25-6-5-15-35(25)2/h3-12,15,18,39H,13-14,16-17,19-21H2,1-2H3,(H,33,38)(H,34,37). The zero-order valence-electron chi connectivity index (χ0n) is 22.9. The van der Waals surface area contributed by atoms with Crippen LogP contribution < -0.4 is 15.5 Å². The molecule has 2 aromatic carbocycles. The van der Waals surface area contributed by atoms with Crippen LogP contribution in [0.3, 0.4) is 0 Å². The molecule has 4 aromatic rings. The number of aromatic nitrogens is 2. The van der Waals surface area contributed by atoms with Crippen LogP contribution in [0, 0.1) is 6.92 Å². The zero-order chi connectivity index (χ0) is 28.1. The predicted octanol–water partition coefficient (Wildman–Crippen LogP) is 4.12. The quantitative estimate of drug-likeness (QED) is 0.217. The number of para-hydroxylation sites is 1. The van der Waals surface area contributed by atoms with Crippen molar-refractivity contribution in [2.24, 2.45) is 7.05 Å². The van der Waals surface area contributed by atoms with Gasteiger partial charge in [0.05, 0.1) is 17.5 Å². The Morgan fingerprint density at radius 2 is 1.80 bits per heavy atom. The molecule has 208 valence electrons. The molecule has 2 amide bonds. The van der Waals surface area contributed by atoms with E-state index in [9.17, 15) is 14.8 Å². The topological polar surface area (TPSA) is 109 Å². The Morgan fingerprint density at radius 1 is 1.05 bits per heavy atom. The summed E-state index contributed by atoms with van der Waals surface area (Å²) in [6, 6.07) is 21.1. The summed E-state index contributed by atoms with van der Waals surface area (Å²) in [4.78, 5) is 32.3. The van der Waals surface area contributed by atoms with Crippen LogP contribution in [0.1, 0.15) is 46.6 Å². The highest BCUT2D eigenvalue weighted by atomic mass is 16.5. The number of pyridine rings is 1. The number of nitrogens with zero attached hydrogens (tertiary/aromatic N) is 3. The van der Waals surface area contributed by atoms with Crippen molar-refractivity contribution in [2.45, 2.75) is 44.9 Å². The van der Waals surface area contributed by atoms with Gasteiger partial charge in [0.15, 0.2) is 0 Å². The maximum atomic E-state index is 13.3. The van der Waals surface area contributed by atoms with Crippen molar-refractivity contribution < 1.29 is 19.5 Å². The highest BCUT2D eigenvalue weighted by Gasteiger charge is 2.38. The lowest BCUT2D eigenvalue weighted by molar-refractivity contribution is -0.131. The van der Waals surface area contributed by atoms with E-state index in [1.54, 1.807) is 29.7 Å². The van der Waals surface area contributed by atoms with Gasteiger partial charge >= 0.3 is 0 Å². The average Bonchev–Trinajstić information content (AvgIpc) is 3.37. The number of hydrogen-bond donors (Lipinski definition) is 3. The number of aryl methyl sites for hydroxylation is 2. The molecular formula is C31H35N5O4.